The number of carbonyl (C=O) groups is 1. The van der Waals surface area contributed by atoms with Gasteiger partial charge in [-0.05, 0) is 62.3 Å². The fourth-order valence-corrected chi connectivity index (χ4v) is 4.65. The zero-order valence-corrected chi connectivity index (χ0v) is 15.6. The lowest BCUT2D eigenvalue weighted by Gasteiger charge is -2.28. The average Bonchev–Trinajstić information content (AvgIpc) is 2.96. The maximum atomic E-state index is 12.5. The van der Waals surface area contributed by atoms with Crippen LogP contribution in [0.4, 0.5) is 5.69 Å². The monoisotopic (exact) mass is 358 g/mol. The standard InChI is InChI=1S/C21H30N2O3/c1-14-10-16(4-5-20(14)26-19-6-8-25-9-7-19)23-21(24)13-15-11-17-2-3-18(12-15)22-17/h4-5,10,15,17-19,22H,2-3,6-9,11-13H2,1H3,(H,23,24). The summed E-state index contributed by atoms with van der Waals surface area (Å²) in [7, 11) is 0. The van der Waals surface area contributed by atoms with Gasteiger partial charge in [-0.1, -0.05) is 0 Å². The molecule has 0 saturated carbocycles. The molecule has 3 heterocycles. The van der Waals surface area contributed by atoms with E-state index in [1.54, 1.807) is 0 Å². The number of piperidine rings is 1. The third-order valence-electron chi connectivity index (χ3n) is 5.97. The Labute approximate surface area is 155 Å². The van der Waals surface area contributed by atoms with Crippen LogP contribution in [0.25, 0.3) is 0 Å². The third kappa shape index (κ3) is 4.38. The van der Waals surface area contributed by atoms with Crippen LogP contribution in [0.5, 0.6) is 5.75 Å². The number of anilines is 1. The SMILES string of the molecule is Cc1cc(NC(=O)CC2CC3CCC(C2)N3)ccc1OC1CCOCC1. The van der Waals surface area contributed by atoms with Crippen molar-refractivity contribution < 1.29 is 14.3 Å². The van der Waals surface area contributed by atoms with Crippen molar-refractivity contribution in [2.75, 3.05) is 18.5 Å². The van der Waals surface area contributed by atoms with Crippen molar-refractivity contribution in [3.05, 3.63) is 23.8 Å². The van der Waals surface area contributed by atoms with E-state index in [-0.39, 0.29) is 12.0 Å². The number of carbonyl (C=O) groups excluding carboxylic acids is 1. The first-order valence-electron chi connectivity index (χ1n) is 10.1. The number of rotatable bonds is 5. The van der Waals surface area contributed by atoms with Crippen molar-refractivity contribution >= 4 is 11.6 Å². The van der Waals surface area contributed by atoms with E-state index in [4.69, 9.17) is 9.47 Å². The van der Waals surface area contributed by atoms with Gasteiger partial charge in [0.25, 0.3) is 0 Å². The Morgan fingerprint density at radius 3 is 2.62 bits per heavy atom. The highest BCUT2D eigenvalue weighted by atomic mass is 16.5. The van der Waals surface area contributed by atoms with Gasteiger partial charge in [0.1, 0.15) is 11.9 Å². The summed E-state index contributed by atoms with van der Waals surface area (Å²) in [6.07, 6.45) is 7.58. The molecule has 2 atom stereocenters. The number of benzene rings is 1. The van der Waals surface area contributed by atoms with Crippen molar-refractivity contribution in [2.45, 2.75) is 70.1 Å². The predicted octanol–water partition coefficient (Wildman–Crippen LogP) is 3.41. The minimum absolute atomic E-state index is 0.133. The lowest BCUT2D eigenvalue weighted by Crippen LogP contribution is -2.39. The molecular weight excluding hydrogens is 328 g/mol. The number of nitrogens with one attached hydrogen (secondary N) is 2. The topological polar surface area (TPSA) is 59.6 Å². The Hall–Kier alpha value is -1.59. The van der Waals surface area contributed by atoms with Crippen molar-refractivity contribution in [3.8, 4) is 5.75 Å². The molecule has 3 aliphatic heterocycles. The normalized spacial score (nSPS) is 28.7. The first-order valence-corrected chi connectivity index (χ1v) is 10.1. The Morgan fingerprint density at radius 1 is 1.19 bits per heavy atom. The van der Waals surface area contributed by atoms with Gasteiger partial charge in [0.15, 0.2) is 0 Å². The number of hydrogen-bond acceptors (Lipinski definition) is 4. The molecule has 0 aliphatic carbocycles. The highest BCUT2D eigenvalue weighted by Crippen LogP contribution is 2.33. The van der Waals surface area contributed by atoms with E-state index >= 15 is 0 Å². The molecule has 1 aromatic carbocycles. The number of aryl methyl sites for hydroxylation is 1. The van der Waals surface area contributed by atoms with Gasteiger partial charge in [-0.15, -0.1) is 0 Å². The quantitative estimate of drug-likeness (QED) is 0.847. The number of fused-ring (bicyclic) bond motifs is 2. The van der Waals surface area contributed by atoms with E-state index in [0.29, 0.717) is 24.4 Å². The van der Waals surface area contributed by atoms with E-state index in [9.17, 15) is 4.79 Å². The second-order valence-corrected chi connectivity index (χ2v) is 8.14. The molecule has 1 amide bonds. The average molecular weight is 358 g/mol. The molecule has 0 aromatic heterocycles. The first-order chi connectivity index (χ1) is 12.7. The highest BCUT2D eigenvalue weighted by molar-refractivity contribution is 5.91. The van der Waals surface area contributed by atoms with Crippen LogP contribution in [0.2, 0.25) is 0 Å². The van der Waals surface area contributed by atoms with Crippen molar-refractivity contribution in [1.29, 1.82) is 0 Å². The molecule has 3 saturated heterocycles. The molecular formula is C21H30N2O3. The summed E-state index contributed by atoms with van der Waals surface area (Å²) in [5.74, 6) is 1.56. The second-order valence-electron chi connectivity index (χ2n) is 8.14. The van der Waals surface area contributed by atoms with Crippen LogP contribution >= 0.6 is 0 Å². The number of amides is 1. The minimum Gasteiger partial charge on any atom is -0.490 e. The van der Waals surface area contributed by atoms with E-state index < -0.39 is 0 Å². The molecule has 26 heavy (non-hydrogen) atoms. The van der Waals surface area contributed by atoms with Crippen LogP contribution in [0.1, 0.15) is 50.5 Å². The Bertz CT molecular complexity index is 630. The summed E-state index contributed by atoms with van der Waals surface area (Å²) in [5, 5.41) is 6.71. The van der Waals surface area contributed by atoms with E-state index in [1.165, 1.54) is 12.8 Å². The molecule has 2 unspecified atom stereocenters. The summed E-state index contributed by atoms with van der Waals surface area (Å²) >= 11 is 0. The van der Waals surface area contributed by atoms with Crippen LogP contribution < -0.4 is 15.4 Å². The lowest BCUT2D eigenvalue weighted by atomic mass is 9.89. The molecule has 3 aliphatic rings. The molecule has 5 nitrogen and oxygen atoms in total. The smallest absolute Gasteiger partial charge is 0.224 e. The minimum atomic E-state index is 0.133. The fraction of sp³-hybridized carbons (Fsp3) is 0.667. The van der Waals surface area contributed by atoms with Gasteiger partial charge in [0.2, 0.25) is 5.91 Å². The van der Waals surface area contributed by atoms with Gasteiger partial charge in [-0.25, -0.2) is 0 Å². The zero-order valence-electron chi connectivity index (χ0n) is 15.6. The van der Waals surface area contributed by atoms with Gasteiger partial charge in [0.05, 0.1) is 13.2 Å². The molecule has 5 heteroatoms. The Kier molecular flexibility index (Phi) is 5.46. The second kappa shape index (κ2) is 7.97. The Balaban J connectivity index is 1.30. The lowest BCUT2D eigenvalue weighted by molar-refractivity contribution is -0.117. The molecule has 0 radical (unpaired) electrons. The van der Waals surface area contributed by atoms with E-state index in [2.05, 4.69) is 10.6 Å². The van der Waals surface area contributed by atoms with Gasteiger partial charge in [-0.2, -0.15) is 0 Å². The van der Waals surface area contributed by atoms with Gasteiger partial charge in [-0.3, -0.25) is 4.79 Å². The van der Waals surface area contributed by atoms with Crippen LogP contribution in [0.3, 0.4) is 0 Å². The molecule has 4 rings (SSSR count). The summed E-state index contributed by atoms with van der Waals surface area (Å²) in [6, 6.07) is 7.21. The van der Waals surface area contributed by atoms with Crippen LogP contribution in [0.15, 0.2) is 18.2 Å². The summed E-state index contributed by atoms with van der Waals surface area (Å²) in [6.45, 7) is 3.58. The van der Waals surface area contributed by atoms with Crippen molar-refractivity contribution in [1.82, 2.24) is 5.32 Å². The maximum absolute atomic E-state index is 12.5. The van der Waals surface area contributed by atoms with Gasteiger partial charge >= 0.3 is 0 Å². The molecule has 0 spiro atoms. The van der Waals surface area contributed by atoms with Crippen molar-refractivity contribution in [3.63, 3.8) is 0 Å². The van der Waals surface area contributed by atoms with Crippen molar-refractivity contribution in [2.24, 2.45) is 5.92 Å². The number of hydrogen-bond donors (Lipinski definition) is 2. The van der Waals surface area contributed by atoms with Crippen LogP contribution in [-0.2, 0) is 9.53 Å². The van der Waals surface area contributed by atoms with Crippen LogP contribution in [-0.4, -0.2) is 37.3 Å². The largest absolute Gasteiger partial charge is 0.490 e. The predicted molar refractivity (Wildman–Crippen MR) is 102 cm³/mol. The van der Waals surface area contributed by atoms with Gasteiger partial charge < -0.3 is 20.1 Å². The molecule has 142 valence electrons. The number of ether oxygens (including phenoxy) is 2. The molecule has 1 aromatic rings. The Morgan fingerprint density at radius 2 is 1.92 bits per heavy atom. The maximum Gasteiger partial charge on any atom is 0.224 e. The van der Waals surface area contributed by atoms with E-state index in [1.807, 2.05) is 25.1 Å². The molecule has 3 fully saturated rings. The summed E-state index contributed by atoms with van der Waals surface area (Å²) < 4.78 is 11.5. The van der Waals surface area contributed by atoms with E-state index in [0.717, 1.165) is 55.9 Å². The first kappa shape index (κ1) is 17.8. The molecule has 2 N–H and O–H groups in total. The summed E-state index contributed by atoms with van der Waals surface area (Å²) in [5.41, 5.74) is 1.93. The van der Waals surface area contributed by atoms with Gasteiger partial charge in [0, 0.05) is 37.0 Å². The highest BCUT2D eigenvalue weighted by Gasteiger charge is 2.34. The van der Waals surface area contributed by atoms with Crippen LogP contribution in [0, 0.1) is 12.8 Å². The third-order valence-corrected chi connectivity index (χ3v) is 5.97. The molecule has 2 bridgehead atoms. The zero-order chi connectivity index (χ0) is 17.9. The fourth-order valence-electron chi connectivity index (χ4n) is 4.65. The summed E-state index contributed by atoms with van der Waals surface area (Å²) in [4.78, 5) is 12.5.